The zero-order valence-electron chi connectivity index (χ0n) is 17.1. The molecule has 0 saturated carbocycles. The molecule has 0 radical (unpaired) electrons. The second-order valence-corrected chi connectivity index (χ2v) is 8.15. The van der Waals surface area contributed by atoms with E-state index in [1.165, 1.54) is 35.0 Å². The number of aromatic nitrogens is 2. The van der Waals surface area contributed by atoms with E-state index in [-0.39, 0.29) is 17.3 Å². The molecule has 9 heteroatoms. The van der Waals surface area contributed by atoms with Crippen LogP contribution >= 0.6 is 11.3 Å². The Kier molecular flexibility index (Phi) is 5.83. The Morgan fingerprint density at radius 1 is 0.906 bits per heavy atom. The first-order chi connectivity index (χ1) is 15.3. The molecule has 2 heterocycles. The maximum atomic E-state index is 13.4. The van der Waals surface area contributed by atoms with Gasteiger partial charge in [-0.05, 0) is 67.9 Å². The summed E-state index contributed by atoms with van der Waals surface area (Å²) in [7, 11) is 0. The third kappa shape index (κ3) is 4.57. The number of carbonyl (C=O) groups excluding carboxylic acids is 2. The lowest BCUT2D eigenvalue weighted by Crippen LogP contribution is -2.14. The summed E-state index contributed by atoms with van der Waals surface area (Å²) >= 11 is 1.11. The molecule has 2 N–H and O–H groups in total. The summed E-state index contributed by atoms with van der Waals surface area (Å²) in [4.78, 5) is 25.7. The highest BCUT2D eigenvalue weighted by molar-refractivity contribution is 7.18. The average molecular weight is 452 g/mol. The molecule has 0 aliphatic rings. The molecule has 0 aliphatic heterocycles. The van der Waals surface area contributed by atoms with Crippen molar-refractivity contribution in [2.75, 3.05) is 10.6 Å². The molecule has 0 saturated heterocycles. The van der Waals surface area contributed by atoms with Gasteiger partial charge in [0.1, 0.15) is 17.5 Å². The van der Waals surface area contributed by atoms with Crippen molar-refractivity contribution in [3.05, 3.63) is 94.0 Å². The van der Waals surface area contributed by atoms with Gasteiger partial charge in [0, 0.05) is 11.6 Å². The molecule has 0 fully saturated rings. The van der Waals surface area contributed by atoms with Crippen molar-refractivity contribution in [1.82, 2.24) is 9.78 Å². The number of thiophene rings is 1. The van der Waals surface area contributed by atoms with Gasteiger partial charge in [0.25, 0.3) is 11.8 Å². The van der Waals surface area contributed by atoms with E-state index in [9.17, 15) is 18.4 Å². The van der Waals surface area contributed by atoms with E-state index in [4.69, 9.17) is 0 Å². The minimum atomic E-state index is -0.506. The van der Waals surface area contributed by atoms with Crippen LogP contribution in [0.4, 0.5) is 19.6 Å². The van der Waals surface area contributed by atoms with Gasteiger partial charge in [0.05, 0.1) is 21.3 Å². The van der Waals surface area contributed by atoms with Gasteiger partial charge in [0.2, 0.25) is 0 Å². The Balaban J connectivity index is 1.53. The van der Waals surface area contributed by atoms with Crippen molar-refractivity contribution in [3.63, 3.8) is 0 Å². The molecule has 0 unspecified atom stereocenters. The van der Waals surface area contributed by atoms with Crippen LogP contribution in [0.15, 0.2) is 60.7 Å². The summed E-state index contributed by atoms with van der Waals surface area (Å²) in [5.41, 5.74) is 2.13. The largest absolute Gasteiger partial charge is 0.314 e. The molecule has 4 rings (SSSR count). The van der Waals surface area contributed by atoms with Crippen molar-refractivity contribution in [2.24, 2.45) is 0 Å². The summed E-state index contributed by atoms with van der Waals surface area (Å²) in [6, 6.07) is 14.5. The number of nitrogens with one attached hydrogen (secondary N) is 2. The van der Waals surface area contributed by atoms with E-state index < -0.39 is 11.7 Å². The van der Waals surface area contributed by atoms with Crippen LogP contribution in [0.25, 0.3) is 5.69 Å². The zero-order valence-corrected chi connectivity index (χ0v) is 18.0. The molecular formula is C23H18F2N4O2S. The van der Waals surface area contributed by atoms with E-state index in [2.05, 4.69) is 15.7 Å². The molecule has 32 heavy (non-hydrogen) atoms. The fraction of sp³-hybridized carbons (Fsp3) is 0.0870. The molecular weight excluding hydrogens is 434 g/mol. The van der Waals surface area contributed by atoms with Gasteiger partial charge in [-0.2, -0.15) is 5.10 Å². The Hall–Kier alpha value is -3.85. The maximum absolute atomic E-state index is 13.4. The van der Waals surface area contributed by atoms with Crippen LogP contribution in [0.2, 0.25) is 0 Å². The summed E-state index contributed by atoms with van der Waals surface area (Å²) in [6.07, 6.45) is 0. The van der Waals surface area contributed by atoms with Crippen LogP contribution in [0.3, 0.4) is 0 Å². The number of nitrogens with zero attached hydrogens (tertiary/aromatic N) is 2. The van der Waals surface area contributed by atoms with Gasteiger partial charge in [-0.1, -0.05) is 6.07 Å². The molecule has 0 aliphatic carbocycles. The van der Waals surface area contributed by atoms with Gasteiger partial charge in [0.15, 0.2) is 0 Å². The first-order valence-corrected chi connectivity index (χ1v) is 10.4. The third-order valence-corrected chi connectivity index (χ3v) is 5.74. The number of anilines is 2. The first-order valence-electron chi connectivity index (χ1n) is 9.61. The minimum absolute atomic E-state index is 0.181. The van der Waals surface area contributed by atoms with Crippen molar-refractivity contribution in [2.45, 2.75) is 13.8 Å². The molecule has 0 spiro atoms. The quantitative estimate of drug-likeness (QED) is 0.430. The molecule has 2 aromatic heterocycles. The Labute approximate surface area is 186 Å². The Morgan fingerprint density at radius 2 is 1.66 bits per heavy atom. The number of carbonyl (C=O) groups is 2. The molecule has 0 bridgehead atoms. The summed E-state index contributed by atoms with van der Waals surface area (Å²) in [5.74, 6) is -1.29. The van der Waals surface area contributed by atoms with Crippen LogP contribution in [0, 0.1) is 25.5 Å². The van der Waals surface area contributed by atoms with Gasteiger partial charge in [-0.25, -0.2) is 13.5 Å². The van der Waals surface area contributed by atoms with Gasteiger partial charge < -0.3 is 10.6 Å². The zero-order chi connectivity index (χ0) is 22.8. The van der Waals surface area contributed by atoms with E-state index in [1.807, 2.05) is 0 Å². The van der Waals surface area contributed by atoms with Crippen molar-refractivity contribution >= 4 is 34.0 Å². The lowest BCUT2D eigenvalue weighted by Gasteiger charge is -2.08. The standard InChI is InChI=1S/C23H18F2N4O2S/c1-13-10-20(27-22(30)15-4-3-5-17(25)12-15)32-21(13)23(31)26-19-11-14(2)28-29(19)18-8-6-16(24)7-9-18/h3-12H,1-2H3,(H,26,31)(H,27,30). The monoisotopic (exact) mass is 452 g/mol. The van der Waals surface area contributed by atoms with Crippen molar-refractivity contribution < 1.29 is 18.4 Å². The number of hydrogen-bond acceptors (Lipinski definition) is 4. The minimum Gasteiger partial charge on any atom is -0.314 e. The van der Waals surface area contributed by atoms with E-state index >= 15 is 0 Å². The fourth-order valence-corrected chi connectivity index (χ4v) is 4.09. The van der Waals surface area contributed by atoms with E-state index in [1.54, 1.807) is 38.1 Å². The van der Waals surface area contributed by atoms with Crippen LogP contribution < -0.4 is 10.6 Å². The highest BCUT2D eigenvalue weighted by atomic mass is 32.1. The van der Waals surface area contributed by atoms with Crippen LogP contribution in [0.1, 0.15) is 31.3 Å². The molecule has 2 amide bonds. The predicted molar refractivity (Wildman–Crippen MR) is 120 cm³/mol. The number of benzene rings is 2. The van der Waals surface area contributed by atoms with Gasteiger partial charge in [-0.3, -0.25) is 9.59 Å². The molecule has 6 nitrogen and oxygen atoms in total. The van der Waals surface area contributed by atoms with Crippen LogP contribution in [-0.4, -0.2) is 21.6 Å². The Bertz CT molecular complexity index is 1310. The van der Waals surface area contributed by atoms with Crippen molar-refractivity contribution in [3.8, 4) is 5.69 Å². The highest BCUT2D eigenvalue weighted by Gasteiger charge is 2.18. The van der Waals surface area contributed by atoms with Gasteiger partial charge >= 0.3 is 0 Å². The van der Waals surface area contributed by atoms with Crippen molar-refractivity contribution in [1.29, 1.82) is 0 Å². The number of aryl methyl sites for hydroxylation is 2. The smallest absolute Gasteiger partial charge is 0.267 e. The lowest BCUT2D eigenvalue weighted by atomic mass is 10.2. The second-order valence-electron chi connectivity index (χ2n) is 7.10. The predicted octanol–water partition coefficient (Wildman–Crippen LogP) is 5.33. The molecule has 4 aromatic rings. The van der Waals surface area contributed by atoms with Crippen LogP contribution in [0.5, 0.6) is 0 Å². The maximum Gasteiger partial charge on any atom is 0.267 e. The number of rotatable bonds is 5. The van der Waals surface area contributed by atoms with Gasteiger partial charge in [-0.15, -0.1) is 11.3 Å². The molecule has 162 valence electrons. The summed E-state index contributed by atoms with van der Waals surface area (Å²) in [5, 5.41) is 10.3. The van der Waals surface area contributed by atoms with Crippen LogP contribution in [-0.2, 0) is 0 Å². The number of halogens is 2. The Morgan fingerprint density at radius 3 is 2.38 bits per heavy atom. The second kappa shape index (κ2) is 8.72. The number of hydrogen-bond donors (Lipinski definition) is 2. The summed E-state index contributed by atoms with van der Waals surface area (Å²) in [6.45, 7) is 3.54. The summed E-state index contributed by atoms with van der Waals surface area (Å²) < 4.78 is 28.1. The lowest BCUT2D eigenvalue weighted by molar-refractivity contribution is 0.101. The fourth-order valence-electron chi connectivity index (χ4n) is 3.12. The number of amides is 2. The topological polar surface area (TPSA) is 76.0 Å². The average Bonchev–Trinajstić information content (AvgIpc) is 3.30. The first kappa shape index (κ1) is 21.4. The van der Waals surface area contributed by atoms with E-state index in [0.717, 1.165) is 17.4 Å². The molecule has 2 aromatic carbocycles. The highest BCUT2D eigenvalue weighted by Crippen LogP contribution is 2.28. The SMILES string of the molecule is Cc1cc(NC(=O)c2sc(NC(=O)c3cccc(F)c3)cc2C)n(-c2ccc(F)cc2)n1. The third-order valence-electron chi connectivity index (χ3n) is 4.59. The van der Waals surface area contributed by atoms with E-state index in [0.29, 0.717) is 32.6 Å². The molecule has 0 atom stereocenters. The normalized spacial score (nSPS) is 10.8.